The maximum absolute atomic E-state index is 12.4. The Labute approximate surface area is 178 Å². The van der Waals surface area contributed by atoms with Crippen LogP contribution < -0.4 is 5.32 Å². The first kappa shape index (κ1) is 20.0. The van der Waals surface area contributed by atoms with E-state index in [0.717, 1.165) is 22.3 Å². The van der Waals surface area contributed by atoms with Gasteiger partial charge in [-0.2, -0.15) is 5.10 Å². The molecule has 2 unspecified atom stereocenters. The molecule has 2 atom stereocenters. The van der Waals surface area contributed by atoms with Gasteiger partial charge in [0.2, 0.25) is 0 Å². The molecule has 1 amide bonds. The lowest BCUT2D eigenvalue weighted by Crippen LogP contribution is -2.46. The number of hydrogen-bond donors (Lipinski definition) is 2. The Morgan fingerprint density at radius 3 is 2.30 bits per heavy atom. The van der Waals surface area contributed by atoms with Gasteiger partial charge in [0.15, 0.2) is 6.04 Å². The van der Waals surface area contributed by atoms with E-state index in [1.165, 1.54) is 17.1 Å². The maximum Gasteiger partial charge on any atom is 0.407 e. The number of halogens is 1. The molecular formula is C22H20ClN3O4. The molecule has 7 nitrogen and oxygen atoms in total. The van der Waals surface area contributed by atoms with Crippen molar-refractivity contribution in [3.05, 3.63) is 77.1 Å². The van der Waals surface area contributed by atoms with E-state index in [2.05, 4.69) is 10.4 Å². The van der Waals surface area contributed by atoms with Crippen molar-refractivity contribution in [2.24, 2.45) is 0 Å². The summed E-state index contributed by atoms with van der Waals surface area (Å²) in [6, 6.07) is 14.1. The molecular weight excluding hydrogens is 406 g/mol. The minimum atomic E-state index is -1.23. The van der Waals surface area contributed by atoms with Gasteiger partial charge < -0.3 is 15.2 Å². The first-order valence-corrected chi connectivity index (χ1v) is 9.87. The number of hydrogen-bond acceptors (Lipinski definition) is 4. The number of aliphatic carboxylic acids is 1. The van der Waals surface area contributed by atoms with Crippen LogP contribution in [0.5, 0.6) is 0 Å². The molecule has 0 aliphatic heterocycles. The summed E-state index contributed by atoms with van der Waals surface area (Å²) in [4.78, 5) is 24.1. The van der Waals surface area contributed by atoms with Crippen molar-refractivity contribution >= 4 is 23.7 Å². The molecule has 1 aliphatic rings. The average Bonchev–Trinajstić information content (AvgIpc) is 3.31. The molecule has 1 aliphatic carbocycles. The quantitative estimate of drug-likeness (QED) is 0.620. The molecule has 1 heterocycles. The Balaban J connectivity index is 1.46. The van der Waals surface area contributed by atoms with Gasteiger partial charge in [0, 0.05) is 12.1 Å². The van der Waals surface area contributed by atoms with Gasteiger partial charge in [-0.05, 0) is 29.2 Å². The van der Waals surface area contributed by atoms with Crippen molar-refractivity contribution in [3.63, 3.8) is 0 Å². The van der Waals surface area contributed by atoms with E-state index >= 15 is 0 Å². The lowest BCUT2D eigenvalue weighted by molar-refractivity contribution is -0.140. The van der Waals surface area contributed by atoms with E-state index in [1.807, 2.05) is 48.5 Å². The largest absolute Gasteiger partial charge is 0.480 e. The smallest absolute Gasteiger partial charge is 0.407 e. The minimum Gasteiger partial charge on any atom is -0.480 e. The number of carboxylic acids is 1. The molecule has 0 bridgehead atoms. The molecule has 2 aromatic carbocycles. The number of alkyl carbamates (subject to hydrolysis) is 1. The van der Waals surface area contributed by atoms with Gasteiger partial charge in [-0.1, -0.05) is 60.1 Å². The number of nitrogens with zero attached hydrogens (tertiary/aromatic N) is 2. The maximum atomic E-state index is 12.4. The number of benzene rings is 2. The van der Waals surface area contributed by atoms with E-state index in [0.29, 0.717) is 5.02 Å². The first-order valence-electron chi connectivity index (χ1n) is 9.49. The molecule has 30 heavy (non-hydrogen) atoms. The first-order chi connectivity index (χ1) is 14.5. The number of amides is 1. The fourth-order valence-corrected chi connectivity index (χ4v) is 3.99. The van der Waals surface area contributed by atoms with Crippen LogP contribution in [-0.2, 0) is 9.53 Å². The fourth-order valence-electron chi connectivity index (χ4n) is 3.85. The topological polar surface area (TPSA) is 93.5 Å². The van der Waals surface area contributed by atoms with Crippen LogP contribution in [0.15, 0.2) is 60.9 Å². The van der Waals surface area contributed by atoms with Crippen molar-refractivity contribution in [2.75, 3.05) is 6.61 Å². The van der Waals surface area contributed by atoms with Gasteiger partial charge in [-0.15, -0.1) is 0 Å². The number of carbonyl (C=O) groups excluding carboxylic acids is 1. The summed E-state index contributed by atoms with van der Waals surface area (Å²) in [5.74, 6) is -1.29. The molecule has 0 spiro atoms. The van der Waals surface area contributed by atoms with E-state index in [-0.39, 0.29) is 12.5 Å². The summed E-state index contributed by atoms with van der Waals surface area (Å²) < 4.78 is 6.84. The predicted molar refractivity (Wildman–Crippen MR) is 112 cm³/mol. The number of aromatic nitrogens is 2. The van der Waals surface area contributed by atoms with Gasteiger partial charge in [0.1, 0.15) is 6.61 Å². The summed E-state index contributed by atoms with van der Waals surface area (Å²) >= 11 is 5.86. The van der Waals surface area contributed by atoms with Crippen LogP contribution in [0.1, 0.15) is 30.0 Å². The van der Waals surface area contributed by atoms with Gasteiger partial charge in [-0.3, -0.25) is 4.68 Å². The highest BCUT2D eigenvalue weighted by molar-refractivity contribution is 6.30. The predicted octanol–water partition coefficient (Wildman–Crippen LogP) is 4.09. The van der Waals surface area contributed by atoms with Crippen LogP contribution in [0.3, 0.4) is 0 Å². The highest BCUT2D eigenvalue weighted by Crippen LogP contribution is 2.44. The van der Waals surface area contributed by atoms with Crippen molar-refractivity contribution in [1.29, 1.82) is 0 Å². The third kappa shape index (κ3) is 3.76. The van der Waals surface area contributed by atoms with Gasteiger partial charge in [0.05, 0.1) is 17.3 Å². The van der Waals surface area contributed by atoms with Gasteiger partial charge in [-0.25, -0.2) is 9.59 Å². The standard InChI is InChI=1S/C22H20ClN3O4/c1-13(26-11-14(23)10-24-26)20(21(27)28)25-22(29)30-12-19-17-8-4-2-6-15(17)16-7-3-5-9-18(16)19/h2-11,13,19-20H,12H2,1H3,(H,25,29)(H,27,28). The third-order valence-electron chi connectivity index (χ3n) is 5.35. The third-order valence-corrected chi connectivity index (χ3v) is 5.55. The Kier molecular flexibility index (Phi) is 5.46. The molecule has 4 rings (SSSR count). The average molecular weight is 426 g/mol. The number of carbonyl (C=O) groups is 2. The molecule has 2 N–H and O–H groups in total. The van der Waals surface area contributed by atoms with Crippen molar-refractivity contribution in [3.8, 4) is 11.1 Å². The second-order valence-corrected chi connectivity index (χ2v) is 7.60. The molecule has 8 heteroatoms. The van der Waals surface area contributed by atoms with E-state index in [9.17, 15) is 14.7 Å². The van der Waals surface area contributed by atoms with Crippen LogP contribution in [0, 0.1) is 0 Å². The number of fused-ring (bicyclic) bond motifs is 3. The zero-order valence-corrected chi connectivity index (χ0v) is 16.9. The van der Waals surface area contributed by atoms with Crippen molar-refractivity contribution in [1.82, 2.24) is 15.1 Å². The zero-order chi connectivity index (χ0) is 21.3. The molecule has 0 saturated carbocycles. The highest BCUT2D eigenvalue weighted by Gasteiger charge is 2.31. The second-order valence-electron chi connectivity index (χ2n) is 7.16. The van der Waals surface area contributed by atoms with Gasteiger partial charge in [0.25, 0.3) is 0 Å². The number of carboxylic acid groups (broad SMARTS) is 1. The Bertz CT molecular complexity index is 1050. The Hall–Kier alpha value is -3.32. The van der Waals surface area contributed by atoms with E-state index < -0.39 is 24.1 Å². The molecule has 0 fully saturated rings. The van der Waals surface area contributed by atoms with Gasteiger partial charge >= 0.3 is 12.1 Å². The van der Waals surface area contributed by atoms with Crippen molar-refractivity contribution in [2.45, 2.75) is 24.9 Å². The zero-order valence-electron chi connectivity index (χ0n) is 16.2. The number of rotatable bonds is 6. The monoisotopic (exact) mass is 425 g/mol. The van der Waals surface area contributed by atoms with E-state index in [4.69, 9.17) is 16.3 Å². The number of nitrogens with one attached hydrogen (secondary N) is 1. The molecule has 0 saturated heterocycles. The SMILES string of the molecule is CC(C(NC(=O)OCC1c2ccccc2-c2ccccc21)C(=O)O)n1cc(Cl)cn1. The molecule has 0 radical (unpaired) electrons. The molecule has 3 aromatic rings. The van der Waals surface area contributed by atoms with Crippen LogP contribution >= 0.6 is 11.6 Å². The van der Waals surface area contributed by atoms with Crippen LogP contribution in [-0.4, -0.2) is 39.6 Å². The summed E-state index contributed by atoms with van der Waals surface area (Å²) in [7, 11) is 0. The van der Waals surface area contributed by atoms with E-state index in [1.54, 1.807) is 6.92 Å². The number of ether oxygens (including phenoxy) is 1. The summed E-state index contributed by atoms with van der Waals surface area (Å²) in [6.45, 7) is 1.74. The summed E-state index contributed by atoms with van der Waals surface area (Å²) in [5, 5.41) is 16.4. The lowest BCUT2D eigenvalue weighted by atomic mass is 9.98. The normalized spacial score (nSPS) is 14.5. The van der Waals surface area contributed by atoms with Crippen molar-refractivity contribution < 1.29 is 19.4 Å². The Morgan fingerprint density at radius 2 is 1.77 bits per heavy atom. The second kappa shape index (κ2) is 8.20. The summed E-state index contributed by atoms with van der Waals surface area (Å²) in [5.41, 5.74) is 4.41. The molecule has 1 aromatic heterocycles. The molecule has 154 valence electrons. The minimum absolute atomic E-state index is 0.103. The van der Waals surface area contributed by atoms with Crippen LogP contribution in [0.4, 0.5) is 4.79 Å². The fraction of sp³-hybridized carbons (Fsp3) is 0.227. The summed E-state index contributed by atoms with van der Waals surface area (Å²) in [6.07, 6.45) is 2.11. The Morgan fingerprint density at radius 1 is 1.17 bits per heavy atom. The highest BCUT2D eigenvalue weighted by atomic mass is 35.5. The lowest BCUT2D eigenvalue weighted by Gasteiger charge is -2.22. The van der Waals surface area contributed by atoms with Crippen LogP contribution in [0.2, 0.25) is 5.02 Å². The van der Waals surface area contributed by atoms with Crippen LogP contribution in [0.25, 0.3) is 11.1 Å².